The summed E-state index contributed by atoms with van der Waals surface area (Å²) in [7, 11) is 0. The number of imide groups is 1. The zero-order valence-electron chi connectivity index (χ0n) is 20.8. The minimum absolute atomic E-state index is 0.0673. The first-order chi connectivity index (χ1) is 17.9. The number of alkyl halides is 3. The number of hydrogen-bond acceptors (Lipinski definition) is 6. The van der Waals surface area contributed by atoms with Crippen LogP contribution in [0.2, 0.25) is 0 Å². The second kappa shape index (κ2) is 9.37. The van der Waals surface area contributed by atoms with Gasteiger partial charge in [0.15, 0.2) is 0 Å². The van der Waals surface area contributed by atoms with Crippen LogP contribution in [0.5, 0.6) is 0 Å². The molecule has 0 radical (unpaired) electrons. The van der Waals surface area contributed by atoms with Gasteiger partial charge >= 0.3 is 6.18 Å². The molecule has 38 heavy (non-hydrogen) atoms. The van der Waals surface area contributed by atoms with Crippen LogP contribution < -0.4 is 9.80 Å². The highest BCUT2D eigenvalue weighted by molar-refractivity contribution is 6.22. The number of carbonyl (C=O) groups excluding carboxylic acids is 2. The third kappa shape index (κ3) is 4.53. The summed E-state index contributed by atoms with van der Waals surface area (Å²) >= 11 is 0. The van der Waals surface area contributed by atoms with Crippen molar-refractivity contribution < 1.29 is 32.8 Å². The Labute approximate surface area is 217 Å². The van der Waals surface area contributed by atoms with Crippen LogP contribution in [0.1, 0.15) is 50.2 Å². The van der Waals surface area contributed by atoms with Crippen LogP contribution in [0.15, 0.2) is 42.5 Å². The van der Waals surface area contributed by atoms with Gasteiger partial charge in [-0.2, -0.15) is 13.2 Å². The Bertz CT molecular complexity index is 1290. The zero-order chi connectivity index (χ0) is 27.4. The lowest BCUT2D eigenvalue weighted by molar-refractivity contribution is -0.384. The number of carbonyl (C=O) groups is 2. The monoisotopic (exact) mass is 531 g/mol. The summed E-state index contributed by atoms with van der Waals surface area (Å²) < 4.78 is 39.5. The van der Waals surface area contributed by atoms with Crippen LogP contribution in [-0.2, 0) is 21.4 Å². The molecular weight excluding hydrogens is 503 g/mol. The summed E-state index contributed by atoms with van der Waals surface area (Å²) in [6.45, 7) is 2.37. The highest BCUT2D eigenvalue weighted by atomic mass is 19.4. The molecule has 1 aliphatic carbocycles. The van der Waals surface area contributed by atoms with Crippen molar-refractivity contribution in [3.8, 4) is 0 Å². The Hall–Kier alpha value is -3.47. The molecule has 2 saturated heterocycles. The highest BCUT2D eigenvalue weighted by Crippen LogP contribution is 2.44. The van der Waals surface area contributed by atoms with Crippen LogP contribution in [0.3, 0.4) is 0 Å². The lowest BCUT2D eigenvalue weighted by Crippen LogP contribution is -2.43. The smallest absolute Gasteiger partial charge is 0.385 e. The van der Waals surface area contributed by atoms with Crippen molar-refractivity contribution in [1.29, 1.82) is 0 Å². The summed E-state index contributed by atoms with van der Waals surface area (Å²) in [4.78, 5) is 40.3. The first kappa shape index (κ1) is 26.1. The second-order valence-corrected chi connectivity index (χ2v) is 10.7. The van der Waals surface area contributed by atoms with E-state index in [1.807, 2.05) is 6.92 Å². The fourth-order valence-corrected chi connectivity index (χ4v) is 6.10. The van der Waals surface area contributed by atoms with E-state index >= 15 is 0 Å². The Morgan fingerprint density at radius 1 is 1.03 bits per heavy atom. The number of piperidine rings is 1. The van der Waals surface area contributed by atoms with Crippen molar-refractivity contribution in [2.24, 2.45) is 17.8 Å². The van der Waals surface area contributed by atoms with Crippen molar-refractivity contribution in [2.75, 3.05) is 22.9 Å². The topological polar surface area (TPSA) is 104 Å². The second-order valence-electron chi connectivity index (χ2n) is 10.7. The molecule has 3 aliphatic rings. The van der Waals surface area contributed by atoms with E-state index in [2.05, 4.69) is 0 Å². The maximum absolute atomic E-state index is 13.2. The Kier molecular flexibility index (Phi) is 6.45. The van der Waals surface area contributed by atoms with Crippen molar-refractivity contribution in [3.63, 3.8) is 0 Å². The Morgan fingerprint density at radius 3 is 2.37 bits per heavy atom. The number of amides is 2. The third-order valence-electron chi connectivity index (χ3n) is 8.26. The Balaban J connectivity index is 1.37. The minimum atomic E-state index is -4.54. The number of fused-ring (bicyclic) bond motifs is 1. The summed E-state index contributed by atoms with van der Waals surface area (Å²) in [6, 6.07) is 8.83. The quantitative estimate of drug-likeness (QED) is 0.337. The van der Waals surface area contributed by atoms with E-state index in [0.717, 1.165) is 23.5 Å². The number of anilines is 2. The van der Waals surface area contributed by atoms with Gasteiger partial charge < -0.3 is 10.0 Å². The summed E-state index contributed by atoms with van der Waals surface area (Å²) in [5.74, 6) is -1.11. The lowest BCUT2D eigenvalue weighted by Gasteiger charge is -2.39. The Morgan fingerprint density at radius 2 is 1.71 bits per heavy atom. The van der Waals surface area contributed by atoms with E-state index in [1.54, 1.807) is 4.90 Å². The maximum atomic E-state index is 13.2. The third-order valence-corrected chi connectivity index (χ3v) is 8.26. The average molecular weight is 532 g/mol. The van der Waals surface area contributed by atoms with Gasteiger partial charge in [-0.1, -0.05) is 19.1 Å². The van der Waals surface area contributed by atoms with Gasteiger partial charge in [0.2, 0.25) is 11.8 Å². The molecule has 8 nitrogen and oxygen atoms in total. The van der Waals surface area contributed by atoms with Gasteiger partial charge in [-0.15, -0.1) is 0 Å². The van der Waals surface area contributed by atoms with Crippen molar-refractivity contribution >= 4 is 28.9 Å². The number of hydrogen-bond donors (Lipinski definition) is 1. The van der Waals surface area contributed by atoms with E-state index in [9.17, 15) is 38.0 Å². The number of halogens is 3. The number of rotatable bonds is 4. The van der Waals surface area contributed by atoms with Crippen LogP contribution >= 0.6 is 0 Å². The average Bonchev–Trinajstić information content (AvgIpc) is 3.12. The molecule has 202 valence electrons. The van der Waals surface area contributed by atoms with Gasteiger partial charge in [0.05, 0.1) is 33.6 Å². The van der Waals surface area contributed by atoms with Crippen LogP contribution in [0.25, 0.3) is 0 Å². The van der Waals surface area contributed by atoms with Crippen LogP contribution in [-0.4, -0.2) is 34.9 Å². The van der Waals surface area contributed by atoms with Crippen molar-refractivity contribution in [2.45, 2.75) is 50.8 Å². The van der Waals surface area contributed by atoms with Crippen molar-refractivity contribution in [1.82, 2.24) is 0 Å². The normalized spacial score (nSPS) is 25.4. The summed E-state index contributed by atoms with van der Waals surface area (Å²) in [5, 5.41) is 23.1. The van der Waals surface area contributed by atoms with E-state index < -0.39 is 34.1 Å². The molecule has 0 unspecified atom stereocenters. The zero-order valence-corrected chi connectivity index (χ0v) is 20.8. The predicted octanol–water partition coefficient (Wildman–Crippen LogP) is 5.03. The molecule has 2 amide bonds. The molecule has 3 atom stereocenters. The molecule has 5 rings (SSSR count). The molecule has 2 aromatic rings. The van der Waals surface area contributed by atoms with E-state index in [-0.39, 0.29) is 60.4 Å². The number of benzene rings is 2. The molecule has 2 aliphatic heterocycles. The summed E-state index contributed by atoms with van der Waals surface area (Å²) in [5.41, 5.74) is -2.06. The van der Waals surface area contributed by atoms with Crippen LogP contribution in [0, 0.1) is 27.9 Å². The number of aliphatic hydroxyl groups is 1. The molecule has 1 saturated carbocycles. The van der Waals surface area contributed by atoms with Gasteiger partial charge in [0.1, 0.15) is 5.69 Å². The molecule has 3 fully saturated rings. The van der Waals surface area contributed by atoms with Gasteiger partial charge in [-0.25, -0.2) is 4.90 Å². The predicted molar refractivity (Wildman–Crippen MR) is 132 cm³/mol. The van der Waals surface area contributed by atoms with E-state index in [4.69, 9.17) is 0 Å². The first-order valence-electron chi connectivity index (χ1n) is 12.7. The maximum Gasteiger partial charge on any atom is 0.416 e. The molecular formula is C27H28F3N3O5. The minimum Gasteiger partial charge on any atom is -0.385 e. The largest absolute Gasteiger partial charge is 0.416 e. The standard InChI is InChI=1S/C27H28F3N3O5/c1-16-5-7-20-21(13-16)25(35)32(24(20)34)19-6-8-22(23(15-19)33(37)38)31-11-9-26(36,10-12-31)17-3-2-4-18(14-17)27(28,29)30/h2-4,6,8,14-16,20-21,36H,5,7,9-13H2,1H3/t16-,20+,21+/m1/s1. The molecule has 11 heteroatoms. The SMILES string of the molecule is C[C@@H]1CC[C@@H]2C(=O)N(c3ccc(N4CCC(O)(c5cccc(C(F)(F)F)c5)CC4)c([N+](=O)[O-])c3)C(=O)[C@H]2C1. The van der Waals surface area contributed by atoms with E-state index in [1.165, 1.54) is 30.3 Å². The molecule has 0 bridgehead atoms. The summed E-state index contributed by atoms with van der Waals surface area (Å²) in [6.07, 6.45) is -2.31. The molecule has 2 aromatic carbocycles. The first-order valence-corrected chi connectivity index (χ1v) is 12.7. The molecule has 0 spiro atoms. The number of nitro groups is 1. The molecule has 2 heterocycles. The fourth-order valence-electron chi connectivity index (χ4n) is 6.10. The van der Waals surface area contributed by atoms with Crippen molar-refractivity contribution in [3.05, 3.63) is 63.7 Å². The van der Waals surface area contributed by atoms with Gasteiger partial charge in [0, 0.05) is 19.2 Å². The molecule has 0 aromatic heterocycles. The number of nitrogens with zero attached hydrogens (tertiary/aromatic N) is 3. The molecule has 1 N–H and O–H groups in total. The van der Waals surface area contributed by atoms with Gasteiger partial charge in [-0.05, 0) is 67.9 Å². The van der Waals surface area contributed by atoms with Gasteiger partial charge in [-0.3, -0.25) is 19.7 Å². The lowest BCUT2D eigenvalue weighted by atomic mass is 9.76. The van der Waals surface area contributed by atoms with Crippen LogP contribution in [0.4, 0.5) is 30.2 Å². The van der Waals surface area contributed by atoms with Gasteiger partial charge in [0.25, 0.3) is 5.69 Å². The fraction of sp³-hybridized carbons (Fsp3) is 0.481. The van der Waals surface area contributed by atoms with E-state index in [0.29, 0.717) is 18.8 Å². The number of nitro benzene ring substituents is 1. The highest BCUT2D eigenvalue weighted by Gasteiger charge is 2.50.